The topological polar surface area (TPSA) is 671 Å². The Balaban J connectivity index is 1.82. The van der Waals surface area contributed by atoms with Gasteiger partial charge in [-0.1, -0.05) is 73.6 Å². The molecule has 2 heterocycles. The molecule has 0 saturated carbocycles. The van der Waals surface area contributed by atoms with Crippen LogP contribution in [0.4, 0.5) is 0 Å². The van der Waals surface area contributed by atoms with Crippen LogP contribution in [0.1, 0.15) is 145 Å². The highest BCUT2D eigenvalue weighted by Gasteiger charge is 2.42. The molecule has 0 spiro atoms. The van der Waals surface area contributed by atoms with E-state index in [1.54, 1.807) is 79.7 Å². The maximum absolute atomic E-state index is 14.5. The lowest BCUT2D eigenvalue weighted by Crippen LogP contribution is -2.61. The first-order chi connectivity index (χ1) is 54.9. The van der Waals surface area contributed by atoms with Crippen molar-refractivity contribution in [3.63, 3.8) is 0 Å². The smallest absolute Gasteiger partial charge is 0.322 e. The number of thioether (sulfide) groups is 1. The van der Waals surface area contributed by atoms with Gasteiger partial charge in [0.05, 0.1) is 44.5 Å². The fraction of sp³-hybridized carbons (Fsp3) is 0.635. The van der Waals surface area contributed by atoms with Crippen LogP contribution in [0.25, 0.3) is 10.9 Å². The molecule has 1 saturated heterocycles. The van der Waals surface area contributed by atoms with Gasteiger partial charge in [-0.15, -0.1) is 0 Å². The molecule has 1 aromatic carbocycles. The quantitative estimate of drug-likeness (QED) is 0.0275. The molecule has 0 bridgehead atoms. The lowest BCUT2D eigenvalue weighted by Gasteiger charge is -2.31. The normalized spacial score (nSPS) is 15.9. The number of unbranched alkanes of at least 4 members (excludes halogenated alkanes) is 1. The third-order valence-corrected chi connectivity index (χ3v) is 19.1. The van der Waals surface area contributed by atoms with Crippen molar-refractivity contribution < 1.29 is 112 Å². The SMILES string of the molecule is CSCCC(N)C(=O)NC(C(=O)NC(CC(=O)O)C(=O)NCC(=O)NC(CCCCN)C(=O)N1CCCC1C(=O)NC(C(=O)NC(CC(N)=O)C(=O)NC(CC(C)C)C(=O)NCC(=O)NC(CC(C)C)C(=O)NC(Cc1c[nH]c2ccccc12)C(=O)NC(CC(=O)O)C(=O)NC(C(=O)NC(C)C(=O)NCC(=O)O)C(C)O)C(C)C)C(C)C. The van der Waals surface area contributed by atoms with E-state index in [4.69, 9.17) is 22.3 Å². The second-order valence-electron chi connectivity index (χ2n) is 30.1. The summed E-state index contributed by atoms with van der Waals surface area (Å²) >= 11 is 1.45. The van der Waals surface area contributed by atoms with Gasteiger partial charge in [0.25, 0.3) is 0 Å². The number of carbonyl (C=O) groups excluding carboxylic acids is 16. The minimum absolute atomic E-state index is 0.00123. The molecule has 14 unspecified atom stereocenters. The van der Waals surface area contributed by atoms with E-state index in [0.29, 0.717) is 41.5 Å². The van der Waals surface area contributed by atoms with Gasteiger partial charge in [-0.05, 0) is 119 Å². The monoisotopic (exact) mass is 1670 g/mol. The van der Waals surface area contributed by atoms with Gasteiger partial charge in [0.2, 0.25) is 94.5 Å². The van der Waals surface area contributed by atoms with Crippen molar-refractivity contribution in [2.75, 3.05) is 44.7 Å². The molecule has 0 radical (unpaired) electrons. The summed E-state index contributed by atoms with van der Waals surface area (Å²) in [5.74, 6) is -21.8. The minimum atomic E-state index is -2.01. The Morgan fingerprint density at radius 2 is 0.966 bits per heavy atom. The van der Waals surface area contributed by atoms with Gasteiger partial charge in [0.1, 0.15) is 79.0 Å². The second-order valence-corrected chi connectivity index (χ2v) is 31.0. The highest BCUT2D eigenvalue weighted by molar-refractivity contribution is 7.98. The summed E-state index contributed by atoms with van der Waals surface area (Å²) in [4.78, 5) is 259. The van der Waals surface area contributed by atoms with Crippen LogP contribution in [0.15, 0.2) is 30.5 Å². The third kappa shape index (κ3) is 34.7. The molecular weight excluding hydrogens is 1550 g/mol. The van der Waals surface area contributed by atoms with Gasteiger partial charge >= 0.3 is 17.9 Å². The number of carbonyl (C=O) groups is 19. The van der Waals surface area contributed by atoms with Crippen LogP contribution in [0.5, 0.6) is 0 Å². The highest BCUT2D eigenvalue weighted by Crippen LogP contribution is 2.23. The largest absolute Gasteiger partial charge is 0.481 e. The number of para-hydroxylation sites is 1. The highest BCUT2D eigenvalue weighted by atomic mass is 32.2. The molecule has 1 fully saturated rings. The summed E-state index contributed by atoms with van der Waals surface area (Å²) in [7, 11) is 0. The number of benzene rings is 1. The van der Waals surface area contributed by atoms with E-state index in [0.717, 1.165) is 6.92 Å². The van der Waals surface area contributed by atoms with Crippen LogP contribution >= 0.6 is 11.8 Å². The van der Waals surface area contributed by atoms with Crippen LogP contribution in [-0.4, -0.2) is 272 Å². The molecule has 1 aromatic heterocycles. The summed E-state index contributed by atoms with van der Waals surface area (Å²) < 4.78 is 0. The molecule has 16 amide bonds. The number of hydrogen-bond acceptors (Lipinski definition) is 23. The van der Waals surface area contributed by atoms with E-state index in [-0.39, 0.29) is 63.5 Å². The van der Waals surface area contributed by atoms with Crippen molar-refractivity contribution in [2.24, 2.45) is 40.9 Å². The number of aliphatic hydroxyl groups excluding tert-OH is 1. The van der Waals surface area contributed by atoms with Crippen LogP contribution in [0.2, 0.25) is 0 Å². The van der Waals surface area contributed by atoms with Gasteiger partial charge in [-0.2, -0.15) is 11.8 Å². The third-order valence-electron chi connectivity index (χ3n) is 18.4. The molecule has 117 heavy (non-hydrogen) atoms. The maximum Gasteiger partial charge on any atom is 0.322 e. The molecule has 1 aliphatic heterocycles. The molecule has 652 valence electrons. The Bertz CT molecular complexity index is 3840. The summed E-state index contributed by atoms with van der Waals surface area (Å²) in [5.41, 5.74) is 18.4. The molecular formula is C74H117N19O23S. The van der Waals surface area contributed by atoms with Crippen molar-refractivity contribution in [1.82, 2.24) is 84.3 Å². The first kappa shape index (κ1) is 100. The van der Waals surface area contributed by atoms with Gasteiger partial charge < -0.3 is 122 Å². The number of carboxylic acid groups (broad SMARTS) is 3. The van der Waals surface area contributed by atoms with Crippen LogP contribution in [0.3, 0.4) is 0 Å². The van der Waals surface area contributed by atoms with Crippen LogP contribution in [0, 0.1) is 23.7 Å². The van der Waals surface area contributed by atoms with Gasteiger partial charge in [0.15, 0.2) is 0 Å². The summed E-state index contributed by atoms with van der Waals surface area (Å²) in [5, 5.41) is 73.2. The number of fused-ring (bicyclic) bond motifs is 1. The van der Waals surface area contributed by atoms with E-state index in [2.05, 4.69) is 74.1 Å². The first-order valence-corrected chi connectivity index (χ1v) is 39.9. The number of hydrogen-bond donors (Lipinski definition) is 22. The number of nitrogens with one attached hydrogen (secondary N) is 15. The average Bonchev–Trinajstić information content (AvgIpc) is 1.69. The summed E-state index contributed by atoms with van der Waals surface area (Å²) in [6.45, 7) is 13.0. The Morgan fingerprint density at radius 3 is 1.50 bits per heavy atom. The fourth-order valence-electron chi connectivity index (χ4n) is 12.3. The molecule has 14 atom stereocenters. The number of aliphatic hydroxyl groups is 1. The second kappa shape index (κ2) is 49.7. The Labute approximate surface area is 680 Å². The Hall–Kier alpha value is -11.1. The lowest BCUT2D eigenvalue weighted by molar-refractivity contribution is -0.143. The van der Waals surface area contributed by atoms with Crippen LogP contribution < -0.4 is 91.6 Å². The van der Waals surface area contributed by atoms with Crippen molar-refractivity contribution in [2.45, 2.75) is 231 Å². The zero-order chi connectivity index (χ0) is 88.2. The molecule has 1 aliphatic rings. The molecule has 42 nitrogen and oxygen atoms in total. The number of amides is 16. The number of aromatic nitrogens is 1. The average molecular weight is 1670 g/mol. The van der Waals surface area contributed by atoms with Gasteiger partial charge in [-0.3, -0.25) is 91.1 Å². The minimum Gasteiger partial charge on any atom is -0.481 e. The predicted octanol–water partition coefficient (Wildman–Crippen LogP) is -5.69. The van der Waals surface area contributed by atoms with Crippen molar-refractivity contribution >= 4 is 135 Å². The van der Waals surface area contributed by atoms with E-state index >= 15 is 0 Å². The van der Waals surface area contributed by atoms with E-state index < -0.39 is 248 Å². The van der Waals surface area contributed by atoms with Gasteiger partial charge in [-0.25, -0.2) is 0 Å². The summed E-state index contributed by atoms with van der Waals surface area (Å²) in [6.07, 6.45) is -0.474. The molecule has 43 heteroatoms. The fourth-order valence-corrected chi connectivity index (χ4v) is 12.8. The Morgan fingerprint density at radius 1 is 0.504 bits per heavy atom. The number of nitrogens with two attached hydrogens (primary N) is 3. The number of likely N-dealkylation sites (tertiary alicyclic amines) is 1. The number of nitrogens with zero attached hydrogens (tertiary/aromatic N) is 1. The Kier molecular flexibility index (Phi) is 42.6. The van der Waals surface area contributed by atoms with E-state index in [9.17, 15) is 106 Å². The summed E-state index contributed by atoms with van der Waals surface area (Å²) in [6, 6.07) is -12.9. The van der Waals surface area contributed by atoms with Crippen LogP contribution in [-0.2, 0) is 97.5 Å². The zero-order valence-corrected chi connectivity index (χ0v) is 68.5. The molecule has 0 aliphatic carbocycles. The number of carboxylic acids is 3. The van der Waals surface area contributed by atoms with E-state index in [1.165, 1.54) is 29.8 Å². The lowest BCUT2D eigenvalue weighted by atomic mass is 10.00. The molecule has 25 N–H and O–H groups in total. The first-order valence-electron chi connectivity index (χ1n) is 38.5. The standard InChI is InChI=1S/C74H117N19O23S/c1-35(2)25-46(64(106)79-33-55(97)84-47(26-36(3)4)66(108)86-48(27-41-31-78-44-18-13-12-17-42(41)44)67(109)87-51(30-57(100)101)69(111)92-61(40(10)94)73(115)82-39(9)62(104)81-34-58(102)103)85-68(110)49(28-53(77)95)88-72(114)60(38(7)8)91-70(112)52-20-16-23-93(52)74(116)45(19-14-15-22-75)83-54(96)32-80-65(107)50(29-56(98)99)89-71(113)59(37(5)6)90-63(105)43(76)21-24-117-11/h12-13,17-18,31,35-40,43,45-52,59-61,78,94H,14-16,19-30,32-34,75-76H2,1-11H3,(H2,77,95)(H,79,106)(H,80,107)(H,81,104)(H,82,115)(H,83,96)(H,84,97)(H,85,110)(H,86,108)(H,87,109)(H,88,114)(H,89,113)(H,90,105)(H,91,112)(H,92,111)(H,98,99)(H,100,101)(H,102,103). The van der Waals surface area contributed by atoms with Crippen molar-refractivity contribution in [3.8, 4) is 0 Å². The number of primary amides is 1. The number of aromatic amines is 1. The van der Waals surface area contributed by atoms with E-state index in [1.807, 2.05) is 11.6 Å². The molecule has 3 rings (SSSR count). The number of H-pyrrole nitrogens is 1. The maximum atomic E-state index is 14.5. The van der Waals surface area contributed by atoms with Crippen molar-refractivity contribution in [3.05, 3.63) is 36.0 Å². The van der Waals surface area contributed by atoms with Crippen molar-refractivity contribution in [1.29, 1.82) is 0 Å². The number of aliphatic carboxylic acids is 3. The van der Waals surface area contributed by atoms with Gasteiger partial charge in [0, 0.05) is 30.1 Å². The number of rotatable bonds is 52. The molecule has 2 aromatic rings. The zero-order valence-electron chi connectivity index (χ0n) is 67.6. The predicted molar refractivity (Wildman–Crippen MR) is 423 cm³/mol.